The molecule has 11 nitrogen and oxygen atoms in total. The van der Waals surface area contributed by atoms with Gasteiger partial charge in [0.05, 0.1) is 38.4 Å². The number of carbonyl (C=O) groups excluding carboxylic acids is 2. The lowest BCUT2D eigenvalue weighted by molar-refractivity contribution is -0.176. The van der Waals surface area contributed by atoms with E-state index in [1.807, 2.05) is 48.5 Å². The Kier molecular flexibility index (Phi) is 7.19. The van der Waals surface area contributed by atoms with Gasteiger partial charge in [-0.3, -0.25) is 14.7 Å². The molecule has 3 fully saturated rings. The normalized spacial score (nSPS) is 16.6. The zero-order valence-electron chi connectivity index (χ0n) is 23.0. The smallest absolute Gasteiger partial charge is 0.272 e. The van der Waals surface area contributed by atoms with E-state index in [1.165, 1.54) is 7.11 Å². The first-order chi connectivity index (χ1) is 20.0. The number of carbonyl (C=O) groups is 2. The van der Waals surface area contributed by atoms with Crippen molar-refractivity contribution in [1.29, 1.82) is 0 Å². The molecule has 0 radical (unpaired) electrons. The Morgan fingerprint density at radius 1 is 1.00 bits per heavy atom. The molecule has 1 saturated carbocycles. The quantitative estimate of drug-likeness (QED) is 0.308. The number of nitrogens with zero attached hydrogens (tertiary/aromatic N) is 3. The molecule has 4 heterocycles. The summed E-state index contributed by atoms with van der Waals surface area (Å²) in [5.41, 5.74) is 2.98. The minimum absolute atomic E-state index is 0.0809. The molecular formula is C30H32N6O5. The van der Waals surface area contributed by atoms with Crippen LogP contribution in [0.5, 0.6) is 11.6 Å². The molecule has 3 N–H and O–H groups in total. The number of methoxy groups -OCH3 is 2. The number of aromatic nitrogens is 3. The molecule has 2 aromatic heterocycles. The van der Waals surface area contributed by atoms with Gasteiger partial charge in [-0.25, -0.2) is 4.98 Å². The molecule has 7 rings (SSSR count). The van der Waals surface area contributed by atoms with Crippen molar-refractivity contribution in [3.8, 4) is 11.6 Å². The van der Waals surface area contributed by atoms with Gasteiger partial charge in [0.25, 0.3) is 5.91 Å². The van der Waals surface area contributed by atoms with Crippen LogP contribution < -0.4 is 20.1 Å². The molecule has 0 atom stereocenters. The van der Waals surface area contributed by atoms with Gasteiger partial charge >= 0.3 is 0 Å². The number of benzene rings is 2. The number of hydrogen-bond acceptors (Lipinski definition) is 8. The van der Waals surface area contributed by atoms with Crippen molar-refractivity contribution in [3.63, 3.8) is 0 Å². The van der Waals surface area contributed by atoms with Crippen molar-refractivity contribution in [3.05, 3.63) is 66.4 Å². The number of pyridine rings is 1. The zero-order chi connectivity index (χ0) is 28.4. The Hall–Kier alpha value is -4.64. The summed E-state index contributed by atoms with van der Waals surface area (Å²) in [6.07, 6.45) is 2.06. The monoisotopic (exact) mass is 556 g/mol. The van der Waals surface area contributed by atoms with Gasteiger partial charge in [0, 0.05) is 30.1 Å². The SMILES string of the molecule is COc1ccc(NC(=O)C2CC2)cc1.COc1nc(C(=O)N2CC3(COC3)C2)ccc1Nc1n[nH]c2ccccc12. The predicted octanol–water partition coefficient (Wildman–Crippen LogP) is 4.23. The Morgan fingerprint density at radius 3 is 2.41 bits per heavy atom. The standard InChI is InChI=1S/C19H19N5O3.C11H13NO2/c1-26-17-14(20-16-12-4-2-3-5-13(12)22-23-16)6-7-15(21-17)18(25)24-8-19(9-24)10-27-11-19;1-14-10-6-4-9(5-7-10)12-11(13)8-2-3-8/h2-7H,8-11H2,1H3,(H2,20,22,23);4-8H,2-3H2,1H3,(H,12,13). The highest BCUT2D eigenvalue weighted by Gasteiger charge is 2.51. The summed E-state index contributed by atoms with van der Waals surface area (Å²) in [5.74, 6) is 2.14. The highest BCUT2D eigenvalue weighted by atomic mass is 16.5. The molecule has 2 saturated heterocycles. The average molecular weight is 557 g/mol. The number of nitrogens with one attached hydrogen (secondary N) is 3. The lowest BCUT2D eigenvalue weighted by Gasteiger charge is -2.54. The fraction of sp³-hybridized carbons (Fsp3) is 0.333. The lowest BCUT2D eigenvalue weighted by atomic mass is 9.78. The van der Waals surface area contributed by atoms with E-state index in [1.54, 1.807) is 24.1 Å². The molecule has 2 amide bonds. The number of anilines is 3. The maximum atomic E-state index is 12.7. The summed E-state index contributed by atoms with van der Waals surface area (Å²) in [6, 6.07) is 18.7. The number of rotatable bonds is 7. The van der Waals surface area contributed by atoms with Crippen LogP contribution in [0.4, 0.5) is 17.2 Å². The van der Waals surface area contributed by atoms with E-state index in [9.17, 15) is 9.59 Å². The number of hydrogen-bond donors (Lipinski definition) is 3. The largest absolute Gasteiger partial charge is 0.497 e. The zero-order valence-corrected chi connectivity index (χ0v) is 23.0. The van der Waals surface area contributed by atoms with Crippen LogP contribution in [0.1, 0.15) is 23.3 Å². The van der Waals surface area contributed by atoms with Crippen molar-refractivity contribution in [2.45, 2.75) is 12.8 Å². The minimum atomic E-state index is -0.0809. The molecule has 41 heavy (non-hydrogen) atoms. The third-order valence-corrected chi connectivity index (χ3v) is 7.46. The van der Waals surface area contributed by atoms with Crippen molar-refractivity contribution >= 4 is 39.9 Å². The summed E-state index contributed by atoms with van der Waals surface area (Å²) in [4.78, 5) is 30.2. The summed E-state index contributed by atoms with van der Waals surface area (Å²) in [7, 11) is 3.16. The van der Waals surface area contributed by atoms with Crippen LogP contribution in [0.3, 0.4) is 0 Å². The van der Waals surface area contributed by atoms with Crippen LogP contribution in [0, 0.1) is 11.3 Å². The number of H-pyrrole nitrogens is 1. The maximum absolute atomic E-state index is 12.7. The topological polar surface area (TPSA) is 131 Å². The van der Waals surface area contributed by atoms with Crippen LogP contribution in [0.25, 0.3) is 10.9 Å². The van der Waals surface area contributed by atoms with E-state index >= 15 is 0 Å². The second-order valence-electron chi connectivity index (χ2n) is 10.6. The highest BCUT2D eigenvalue weighted by Crippen LogP contribution is 2.38. The molecule has 3 aliphatic rings. The molecule has 212 valence electrons. The van der Waals surface area contributed by atoms with Crippen LogP contribution in [0.2, 0.25) is 0 Å². The number of aromatic amines is 1. The molecule has 11 heteroatoms. The molecule has 4 aromatic rings. The predicted molar refractivity (Wildman–Crippen MR) is 154 cm³/mol. The average Bonchev–Trinajstić information content (AvgIpc) is 3.74. The number of fused-ring (bicyclic) bond motifs is 1. The highest BCUT2D eigenvalue weighted by molar-refractivity contribution is 5.95. The first-order valence-electron chi connectivity index (χ1n) is 13.5. The van der Waals surface area contributed by atoms with E-state index in [4.69, 9.17) is 14.2 Å². The summed E-state index contributed by atoms with van der Waals surface area (Å²) in [5, 5.41) is 14.3. The van der Waals surface area contributed by atoms with Gasteiger partial charge in [-0.05, 0) is 61.4 Å². The third kappa shape index (κ3) is 5.66. The van der Waals surface area contributed by atoms with E-state index < -0.39 is 0 Å². The Labute approximate surface area is 237 Å². The molecular weight excluding hydrogens is 524 g/mol. The Balaban J connectivity index is 0.000000182. The van der Waals surface area contributed by atoms with Crippen LogP contribution >= 0.6 is 0 Å². The van der Waals surface area contributed by atoms with Crippen LogP contribution in [-0.4, -0.2) is 72.4 Å². The van der Waals surface area contributed by atoms with Crippen LogP contribution in [0.15, 0.2) is 60.7 Å². The molecule has 0 unspecified atom stereocenters. The van der Waals surface area contributed by atoms with Gasteiger partial charge in [-0.15, -0.1) is 0 Å². The Morgan fingerprint density at radius 2 is 1.76 bits per heavy atom. The van der Waals surface area contributed by atoms with E-state index in [0.717, 1.165) is 61.5 Å². The fourth-order valence-electron chi connectivity index (χ4n) is 4.90. The molecule has 1 spiro atoms. The van der Waals surface area contributed by atoms with Crippen LogP contribution in [-0.2, 0) is 9.53 Å². The second-order valence-corrected chi connectivity index (χ2v) is 10.6. The summed E-state index contributed by atoms with van der Waals surface area (Å²) >= 11 is 0. The fourth-order valence-corrected chi connectivity index (χ4v) is 4.90. The van der Waals surface area contributed by atoms with Gasteiger partial charge in [-0.2, -0.15) is 5.10 Å². The molecule has 2 aromatic carbocycles. The molecule has 1 aliphatic carbocycles. The number of ether oxygens (including phenoxy) is 3. The second kappa shape index (κ2) is 11.1. The number of para-hydroxylation sites is 1. The van der Waals surface area contributed by atoms with Gasteiger partial charge in [0.15, 0.2) is 5.82 Å². The lowest BCUT2D eigenvalue weighted by Crippen LogP contribution is -2.67. The van der Waals surface area contributed by atoms with E-state index in [-0.39, 0.29) is 23.1 Å². The summed E-state index contributed by atoms with van der Waals surface area (Å²) < 4.78 is 15.7. The first-order valence-corrected chi connectivity index (χ1v) is 13.5. The van der Waals surface area contributed by atoms with E-state index in [2.05, 4.69) is 25.8 Å². The maximum Gasteiger partial charge on any atom is 0.272 e. The van der Waals surface area contributed by atoms with Crippen molar-refractivity contribution in [1.82, 2.24) is 20.1 Å². The first kappa shape index (κ1) is 26.6. The van der Waals surface area contributed by atoms with Crippen molar-refractivity contribution in [2.24, 2.45) is 11.3 Å². The Bertz CT molecular complexity index is 1550. The summed E-state index contributed by atoms with van der Waals surface area (Å²) in [6.45, 7) is 2.95. The van der Waals surface area contributed by atoms with Gasteiger partial charge in [0.2, 0.25) is 11.8 Å². The van der Waals surface area contributed by atoms with Gasteiger partial charge < -0.3 is 29.7 Å². The minimum Gasteiger partial charge on any atom is -0.497 e. The molecule has 2 aliphatic heterocycles. The number of likely N-dealkylation sites (tertiary alicyclic amines) is 1. The van der Waals surface area contributed by atoms with Gasteiger partial charge in [0.1, 0.15) is 17.1 Å². The number of amides is 2. The van der Waals surface area contributed by atoms with Crippen molar-refractivity contribution < 1.29 is 23.8 Å². The molecule has 0 bridgehead atoms. The third-order valence-electron chi connectivity index (χ3n) is 7.46. The van der Waals surface area contributed by atoms with Gasteiger partial charge in [-0.1, -0.05) is 12.1 Å². The van der Waals surface area contributed by atoms with Crippen molar-refractivity contribution in [2.75, 3.05) is 51.2 Å². The van der Waals surface area contributed by atoms with E-state index in [0.29, 0.717) is 23.1 Å².